The zero-order valence-electron chi connectivity index (χ0n) is 17.2. The van der Waals surface area contributed by atoms with Crippen molar-refractivity contribution in [2.24, 2.45) is 5.10 Å². The van der Waals surface area contributed by atoms with Gasteiger partial charge in [-0.2, -0.15) is 13.5 Å². The monoisotopic (exact) mass is 479 g/mol. The maximum Gasteiger partial charge on any atom is 0.306 e. The third-order valence-electron chi connectivity index (χ3n) is 4.78. The van der Waals surface area contributed by atoms with E-state index < -0.39 is 41.3 Å². The predicted octanol–water partition coefficient (Wildman–Crippen LogP) is -1.20. The number of rotatable bonds is 7. The van der Waals surface area contributed by atoms with Gasteiger partial charge in [0.05, 0.1) is 19.1 Å². The smallest absolute Gasteiger partial charge is 0.306 e. The number of nitrogens with zero attached hydrogens (tertiary/aromatic N) is 5. The summed E-state index contributed by atoms with van der Waals surface area (Å²) in [5.74, 6) is 0.321. The molecule has 0 saturated carbocycles. The van der Waals surface area contributed by atoms with Crippen LogP contribution in [0.15, 0.2) is 35.7 Å². The van der Waals surface area contributed by atoms with Gasteiger partial charge in [0.15, 0.2) is 23.2 Å². The summed E-state index contributed by atoms with van der Waals surface area (Å²) in [5, 5.41) is 34.1. The number of aliphatic hydroxyl groups excluding tert-OH is 3. The van der Waals surface area contributed by atoms with Crippen LogP contribution < -0.4 is 15.3 Å². The van der Waals surface area contributed by atoms with Crippen molar-refractivity contribution in [3.8, 4) is 5.75 Å². The van der Waals surface area contributed by atoms with Crippen LogP contribution in [0.4, 0.5) is 11.8 Å². The Hall–Kier alpha value is -3.37. The number of ether oxygens (including phenoxy) is 1. The van der Waals surface area contributed by atoms with Gasteiger partial charge >= 0.3 is 10.1 Å². The minimum atomic E-state index is -3.63. The zero-order valence-corrected chi connectivity index (χ0v) is 18.0. The molecular formula is C18H21N7O7S. The maximum absolute atomic E-state index is 11.2. The van der Waals surface area contributed by atoms with Gasteiger partial charge < -0.3 is 30.0 Å². The fourth-order valence-corrected chi connectivity index (χ4v) is 3.75. The fourth-order valence-electron chi connectivity index (χ4n) is 3.29. The molecule has 14 nitrogen and oxygen atoms in total. The zero-order chi connectivity index (χ0) is 23.8. The lowest BCUT2D eigenvalue weighted by atomic mass is 10.1. The van der Waals surface area contributed by atoms with Crippen LogP contribution in [0.3, 0.4) is 0 Å². The van der Waals surface area contributed by atoms with Crippen molar-refractivity contribution in [1.29, 1.82) is 0 Å². The molecule has 176 valence electrons. The van der Waals surface area contributed by atoms with Gasteiger partial charge in [-0.1, -0.05) is 0 Å². The second-order valence-electron chi connectivity index (χ2n) is 7.19. The van der Waals surface area contributed by atoms with Gasteiger partial charge in [0, 0.05) is 0 Å². The van der Waals surface area contributed by atoms with E-state index in [1.807, 2.05) is 0 Å². The highest BCUT2D eigenvalue weighted by Crippen LogP contribution is 2.35. The number of fused-ring (bicyclic) bond motifs is 1. The number of hydrogen-bond donors (Lipinski definition) is 5. The molecular weight excluding hydrogens is 458 g/mol. The molecule has 1 aliphatic heterocycles. The van der Waals surface area contributed by atoms with E-state index in [0.717, 1.165) is 6.26 Å². The quantitative estimate of drug-likeness (QED) is 0.154. The lowest BCUT2D eigenvalue weighted by molar-refractivity contribution is -0.0501. The molecule has 4 unspecified atom stereocenters. The van der Waals surface area contributed by atoms with Gasteiger partial charge in [-0.15, -0.1) is 0 Å². The van der Waals surface area contributed by atoms with E-state index in [1.165, 1.54) is 29.2 Å². The average Bonchev–Trinajstić information content (AvgIpc) is 3.26. The summed E-state index contributed by atoms with van der Waals surface area (Å²) in [4.78, 5) is 12.4. The highest BCUT2D eigenvalue weighted by atomic mass is 32.2. The number of aliphatic hydroxyl groups is 3. The van der Waals surface area contributed by atoms with Crippen molar-refractivity contribution in [3.05, 3.63) is 36.2 Å². The summed E-state index contributed by atoms with van der Waals surface area (Å²) in [7, 11) is -3.63. The Bertz CT molecular complexity index is 1280. The summed E-state index contributed by atoms with van der Waals surface area (Å²) in [6, 6.07) is 6.11. The van der Waals surface area contributed by atoms with Crippen LogP contribution in [0.1, 0.15) is 11.8 Å². The normalized spacial score (nSPS) is 23.4. The predicted molar refractivity (Wildman–Crippen MR) is 116 cm³/mol. The molecule has 0 aliphatic carbocycles. The van der Waals surface area contributed by atoms with Crippen LogP contribution in [-0.2, 0) is 14.9 Å². The molecule has 0 radical (unpaired) electrons. The molecule has 1 fully saturated rings. The van der Waals surface area contributed by atoms with Crippen molar-refractivity contribution in [2.75, 3.05) is 24.0 Å². The van der Waals surface area contributed by atoms with Crippen molar-refractivity contribution < 1.29 is 32.7 Å². The van der Waals surface area contributed by atoms with E-state index in [1.54, 1.807) is 12.1 Å². The molecule has 33 heavy (non-hydrogen) atoms. The Kier molecular flexibility index (Phi) is 6.13. The van der Waals surface area contributed by atoms with Gasteiger partial charge in [0.1, 0.15) is 30.4 Å². The number of hydrogen-bond acceptors (Lipinski definition) is 13. The molecule has 3 aromatic rings. The van der Waals surface area contributed by atoms with E-state index in [9.17, 15) is 23.7 Å². The van der Waals surface area contributed by atoms with Crippen LogP contribution in [0.2, 0.25) is 0 Å². The fraction of sp³-hybridized carbons (Fsp3) is 0.333. The Morgan fingerprint density at radius 3 is 2.64 bits per heavy atom. The molecule has 4 rings (SSSR count). The Morgan fingerprint density at radius 1 is 1.27 bits per heavy atom. The number of nitrogens with two attached hydrogens (primary N) is 1. The lowest BCUT2D eigenvalue weighted by Crippen LogP contribution is -2.33. The minimum Gasteiger partial charge on any atom is -0.394 e. The van der Waals surface area contributed by atoms with Gasteiger partial charge in [0.2, 0.25) is 5.95 Å². The SMILES string of the molecule is CS(=O)(=O)Oc1ccc(C=NNc2nc3c(N)ncnc3n2C2OC(CO)C(O)C2O)cc1. The molecule has 0 bridgehead atoms. The minimum absolute atomic E-state index is 0.0824. The summed E-state index contributed by atoms with van der Waals surface area (Å²) in [6.45, 7) is -0.502. The van der Waals surface area contributed by atoms with E-state index in [4.69, 9.17) is 14.7 Å². The number of nitrogens with one attached hydrogen (secondary N) is 1. The van der Waals surface area contributed by atoms with Crippen LogP contribution in [0, 0.1) is 0 Å². The molecule has 6 N–H and O–H groups in total. The number of aromatic nitrogens is 4. The van der Waals surface area contributed by atoms with Crippen LogP contribution in [0.5, 0.6) is 5.75 Å². The van der Waals surface area contributed by atoms with Gasteiger partial charge in [-0.3, -0.25) is 4.57 Å². The number of nitrogen functional groups attached to an aromatic ring is 1. The number of anilines is 2. The molecule has 1 saturated heterocycles. The third kappa shape index (κ3) is 4.71. The highest BCUT2D eigenvalue weighted by Gasteiger charge is 2.45. The Labute approximate surface area is 187 Å². The molecule has 3 heterocycles. The van der Waals surface area contributed by atoms with E-state index in [-0.39, 0.29) is 28.7 Å². The summed E-state index contributed by atoms with van der Waals surface area (Å²) in [6.07, 6.45) is -1.28. The number of hydrazone groups is 1. The van der Waals surface area contributed by atoms with Crippen molar-refractivity contribution in [3.63, 3.8) is 0 Å². The van der Waals surface area contributed by atoms with Crippen molar-refractivity contribution >= 4 is 39.3 Å². The topological polar surface area (TPSA) is 207 Å². The highest BCUT2D eigenvalue weighted by molar-refractivity contribution is 7.86. The summed E-state index contributed by atoms with van der Waals surface area (Å²) < 4.78 is 34.1. The summed E-state index contributed by atoms with van der Waals surface area (Å²) in [5.41, 5.74) is 9.65. The largest absolute Gasteiger partial charge is 0.394 e. The van der Waals surface area contributed by atoms with Crippen LogP contribution in [-0.4, -0.2) is 80.6 Å². The molecule has 2 aromatic heterocycles. The van der Waals surface area contributed by atoms with Crippen LogP contribution in [0.25, 0.3) is 11.2 Å². The Balaban J connectivity index is 1.62. The standard InChI is InChI=1S/C18H21N7O7S/c1-33(29,30)32-10-4-2-9(3-5-10)6-22-24-18-23-12-15(19)20-8-21-16(12)25(18)17-14(28)13(27)11(7-26)31-17/h2-6,8,11,13-14,17,26-28H,7H2,1H3,(H,23,24)(H2,19,20,21). The first kappa shape index (κ1) is 22.8. The van der Waals surface area contributed by atoms with Crippen molar-refractivity contribution in [1.82, 2.24) is 19.5 Å². The van der Waals surface area contributed by atoms with Gasteiger partial charge in [-0.05, 0) is 29.8 Å². The average molecular weight is 479 g/mol. The molecule has 15 heteroatoms. The molecule has 1 aromatic carbocycles. The van der Waals surface area contributed by atoms with E-state index in [2.05, 4.69) is 25.5 Å². The molecule has 0 spiro atoms. The number of imidazole rings is 1. The molecule has 1 aliphatic rings. The summed E-state index contributed by atoms with van der Waals surface area (Å²) >= 11 is 0. The van der Waals surface area contributed by atoms with Gasteiger partial charge in [0.25, 0.3) is 0 Å². The number of benzene rings is 1. The first-order valence-corrected chi connectivity index (χ1v) is 11.4. The van der Waals surface area contributed by atoms with Gasteiger partial charge in [-0.25, -0.2) is 20.4 Å². The maximum atomic E-state index is 11.2. The van der Waals surface area contributed by atoms with Crippen LogP contribution >= 0.6 is 0 Å². The first-order valence-electron chi connectivity index (χ1n) is 9.57. The second-order valence-corrected chi connectivity index (χ2v) is 8.77. The first-order chi connectivity index (χ1) is 15.7. The van der Waals surface area contributed by atoms with Crippen molar-refractivity contribution in [2.45, 2.75) is 24.5 Å². The lowest BCUT2D eigenvalue weighted by Gasteiger charge is -2.18. The second kappa shape index (κ2) is 8.87. The van der Waals surface area contributed by atoms with E-state index >= 15 is 0 Å². The molecule has 0 amide bonds. The van der Waals surface area contributed by atoms with E-state index in [0.29, 0.717) is 5.56 Å². The molecule has 4 atom stereocenters. The third-order valence-corrected chi connectivity index (χ3v) is 5.28. The Morgan fingerprint density at radius 2 is 2.00 bits per heavy atom.